The second-order valence-electron chi connectivity index (χ2n) is 3.73. The number of nitrogens with zero attached hydrogens (tertiary/aromatic N) is 2. The van der Waals surface area contributed by atoms with Gasteiger partial charge in [0.25, 0.3) is 0 Å². The van der Waals surface area contributed by atoms with Crippen LogP contribution in [0.4, 0.5) is 0 Å². The molecule has 82 valence electrons. The van der Waals surface area contributed by atoms with Crippen molar-refractivity contribution in [2.45, 2.75) is 19.4 Å². The Hall–Kier alpha value is -1.80. The highest BCUT2D eigenvalue weighted by Crippen LogP contribution is 2.24. The fourth-order valence-corrected chi connectivity index (χ4v) is 1.95. The second-order valence-corrected chi connectivity index (χ2v) is 4.61. The largest absolute Gasteiger partial charge is 0.457 e. The third-order valence-electron chi connectivity index (χ3n) is 2.08. The highest BCUT2D eigenvalue weighted by molar-refractivity contribution is 7.15. The van der Waals surface area contributed by atoms with Gasteiger partial charge in [-0.05, 0) is 13.8 Å². The molecular formula is C11H10N2O2S. The van der Waals surface area contributed by atoms with Gasteiger partial charge >= 0.3 is 0 Å². The molecule has 0 spiro atoms. The second kappa shape index (κ2) is 3.65. The number of hydrogen-bond acceptors (Lipinski definition) is 4. The molecule has 5 heteroatoms. The summed E-state index contributed by atoms with van der Waals surface area (Å²) in [6, 6.07) is 0. The Bertz CT molecular complexity index is 574. The fourth-order valence-electron chi connectivity index (χ4n) is 1.24. The van der Waals surface area contributed by atoms with Crippen LogP contribution in [-0.4, -0.2) is 21.3 Å². The zero-order valence-corrected chi connectivity index (χ0v) is 9.75. The van der Waals surface area contributed by atoms with Crippen molar-refractivity contribution in [3.05, 3.63) is 17.3 Å². The summed E-state index contributed by atoms with van der Waals surface area (Å²) in [6.45, 7) is 3.49. The van der Waals surface area contributed by atoms with Gasteiger partial charge in [-0.25, -0.2) is 0 Å². The van der Waals surface area contributed by atoms with Gasteiger partial charge in [0.05, 0.1) is 0 Å². The van der Waals surface area contributed by atoms with E-state index in [1.807, 2.05) is 5.38 Å². The number of ether oxygens (including phenoxy) is 1. The smallest absolute Gasteiger partial charge is 0.246 e. The van der Waals surface area contributed by atoms with Crippen LogP contribution in [0.5, 0.6) is 5.88 Å². The predicted octanol–water partition coefficient (Wildman–Crippen LogP) is 2.00. The SMILES string of the molecule is C#CC(C)(C)Oc1nc2sccn2c1C=O. The van der Waals surface area contributed by atoms with Crippen LogP contribution in [0.25, 0.3) is 4.96 Å². The van der Waals surface area contributed by atoms with Gasteiger partial charge in [0, 0.05) is 11.6 Å². The lowest BCUT2D eigenvalue weighted by Gasteiger charge is -2.18. The van der Waals surface area contributed by atoms with Crippen LogP contribution in [0.2, 0.25) is 0 Å². The third-order valence-corrected chi connectivity index (χ3v) is 2.83. The highest BCUT2D eigenvalue weighted by atomic mass is 32.1. The molecule has 0 fully saturated rings. The van der Waals surface area contributed by atoms with Gasteiger partial charge in [0.15, 0.2) is 22.5 Å². The lowest BCUT2D eigenvalue weighted by Crippen LogP contribution is -2.26. The van der Waals surface area contributed by atoms with Gasteiger partial charge in [-0.2, -0.15) is 4.98 Å². The zero-order valence-electron chi connectivity index (χ0n) is 8.93. The van der Waals surface area contributed by atoms with E-state index < -0.39 is 5.60 Å². The number of rotatable bonds is 3. The first kappa shape index (κ1) is 10.7. The van der Waals surface area contributed by atoms with Crippen molar-refractivity contribution in [2.24, 2.45) is 0 Å². The highest BCUT2D eigenvalue weighted by Gasteiger charge is 2.22. The molecule has 0 aliphatic heterocycles. The zero-order chi connectivity index (χ0) is 11.8. The standard InChI is InChI=1S/C11H10N2O2S/c1-4-11(2,3)15-9-8(7-14)13-5-6-16-10(13)12-9/h1,5-7H,2-3H3. The van der Waals surface area contributed by atoms with Gasteiger partial charge in [-0.1, -0.05) is 5.92 Å². The predicted molar refractivity (Wildman–Crippen MR) is 62.0 cm³/mol. The first-order chi connectivity index (χ1) is 7.57. The van der Waals surface area contributed by atoms with Crippen LogP contribution in [0.3, 0.4) is 0 Å². The monoisotopic (exact) mass is 234 g/mol. The average Bonchev–Trinajstić information content (AvgIpc) is 2.77. The number of fused-ring (bicyclic) bond motifs is 1. The van der Waals surface area contributed by atoms with Crippen molar-refractivity contribution in [1.82, 2.24) is 9.38 Å². The molecule has 0 saturated carbocycles. The van der Waals surface area contributed by atoms with E-state index in [-0.39, 0.29) is 5.88 Å². The van der Waals surface area contributed by atoms with Gasteiger partial charge in [-0.3, -0.25) is 9.20 Å². The number of aromatic nitrogens is 2. The minimum Gasteiger partial charge on any atom is -0.457 e. The molecule has 2 aromatic rings. The van der Waals surface area contributed by atoms with Gasteiger partial charge in [0.2, 0.25) is 5.88 Å². The number of terminal acetylenes is 1. The topological polar surface area (TPSA) is 43.6 Å². The molecule has 0 N–H and O–H groups in total. The molecule has 0 saturated heterocycles. The molecule has 2 heterocycles. The van der Waals surface area contributed by atoms with Gasteiger partial charge in [-0.15, -0.1) is 17.8 Å². The summed E-state index contributed by atoms with van der Waals surface area (Å²) in [6.07, 6.45) is 7.81. The Morgan fingerprint density at radius 1 is 1.69 bits per heavy atom. The minimum absolute atomic E-state index is 0.282. The Balaban J connectivity index is 2.49. The van der Waals surface area contributed by atoms with Gasteiger partial charge in [0.1, 0.15) is 0 Å². The first-order valence-electron chi connectivity index (χ1n) is 4.65. The first-order valence-corrected chi connectivity index (χ1v) is 5.53. The molecule has 0 aliphatic rings. The molecule has 0 aromatic carbocycles. The maximum atomic E-state index is 11.0. The lowest BCUT2D eigenvalue weighted by molar-refractivity contribution is 0.110. The Morgan fingerprint density at radius 3 is 3.06 bits per heavy atom. The molecule has 2 aromatic heterocycles. The number of carbonyl (C=O) groups is 1. The van der Waals surface area contributed by atoms with Gasteiger partial charge < -0.3 is 4.74 Å². The Labute approximate surface area is 96.9 Å². The van der Waals surface area contributed by atoms with E-state index in [9.17, 15) is 4.79 Å². The van der Waals surface area contributed by atoms with Crippen molar-refractivity contribution in [3.63, 3.8) is 0 Å². The maximum Gasteiger partial charge on any atom is 0.246 e. The van der Waals surface area contributed by atoms with E-state index in [0.29, 0.717) is 16.9 Å². The van der Waals surface area contributed by atoms with Crippen molar-refractivity contribution in [3.8, 4) is 18.2 Å². The van der Waals surface area contributed by atoms with Crippen molar-refractivity contribution >= 4 is 22.6 Å². The summed E-state index contributed by atoms with van der Waals surface area (Å²) < 4.78 is 7.20. The van der Waals surface area contributed by atoms with Crippen LogP contribution >= 0.6 is 11.3 Å². The number of imidazole rings is 1. The van der Waals surface area contributed by atoms with E-state index in [0.717, 1.165) is 0 Å². The van der Waals surface area contributed by atoms with E-state index in [1.54, 1.807) is 24.4 Å². The van der Waals surface area contributed by atoms with Crippen LogP contribution in [0.15, 0.2) is 11.6 Å². The summed E-state index contributed by atoms with van der Waals surface area (Å²) in [4.78, 5) is 15.9. The van der Waals surface area contributed by atoms with E-state index >= 15 is 0 Å². The molecule has 0 amide bonds. The molecule has 0 radical (unpaired) electrons. The molecular weight excluding hydrogens is 224 g/mol. The van der Waals surface area contributed by atoms with E-state index in [1.165, 1.54) is 11.3 Å². The average molecular weight is 234 g/mol. The number of thiazole rings is 1. The summed E-state index contributed by atoms with van der Waals surface area (Å²) in [5.41, 5.74) is -0.388. The van der Waals surface area contributed by atoms with Crippen LogP contribution in [-0.2, 0) is 0 Å². The minimum atomic E-state index is -0.776. The third kappa shape index (κ3) is 1.68. The number of aldehydes is 1. The Kier molecular flexibility index (Phi) is 2.44. The molecule has 0 unspecified atom stereocenters. The molecule has 16 heavy (non-hydrogen) atoms. The van der Waals surface area contributed by atoms with Crippen LogP contribution < -0.4 is 4.74 Å². The normalized spacial score (nSPS) is 11.3. The summed E-state index contributed by atoms with van der Waals surface area (Å²) >= 11 is 1.43. The molecule has 0 bridgehead atoms. The molecule has 2 rings (SSSR count). The molecule has 0 aliphatic carbocycles. The van der Waals surface area contributed by atoms with E-state index in [4.69, 9.17) is 11.2 Å². The number of carbonyl (C=O) groups excluding carboxylic acids is 1. The lowest BCUT2D eigenvalue weighted by atomic mass is 10.1. The van der Waals surface area contributed by atoms with Crippen LogP contribution in [0, 0.1) is 12.3 Å². The number of hydrogen-bond donors (Lipinski definition) is 0. The Morgan fingerprint density at radius 2 is 2.44 bits per heavy atom. The van der Waals surface area contributed by atoms with E-state index in [2.05, 4.69) is 10.9 Å². The summed E-state index contributed by atoms with van der Waals surface area (Å²) in [5, 5.41) is 1.85. The fraction of sp³-hybridized carbons (Fsp3) is 0.273. The summed E-state index contributed by atoms with van der Waals surface area (Å²) in [7, 11) is 0. The molecule has 0 atom stereocenters. The maximum absolute atomic E-state index is 11.0. The van der Waals surface area contributed by atoms with Crippen molar-refractivity contribution < 1.29 is 9.53 Å². The van der Waals surface area contributed by atoms with Crippen LogP contribution in [0.1, 0.15) is 24.3 Å². The van der Waals surface area contributed by atoms with Crippen molar-refractivity contribution in [1.29, 1.82) is 0 Å². The summed E-state index contributed by atoms with van der Waals surface area (Å²) in [5.74, 6) is 2.78. The molecule has 4 nitrogen and oxygen atoms in total. The quantitative estimate of drug-likeness (QED) is 0.602. The van der Waals surface area contributed by atoms with Crippen molar-refractivity contribution in [2.75, 3.05) is 0 Å².